The quantitative estimate of drug-likeness (QED) is 0.827. The van der Waals surface area contributed by atoms with Crippen molar-refractivity contribution >= 4 is 5.91 Å². The van der Waals surface area contributed by atoms with Gasteiger partial charge in [0.1, 0.15) is 5.75 Å². The SMILES string of the molecule is CCC(C)(C)c1cccc(OCC(N)=O)c1C(C)(C)CC. The smallest absolute Gasteiger partial charge is 0.255 e. The van der Waals surface area contributed by atoms with Gasteiger partial charge in [0.15, 0.2) is 6.61 Å². The maximum Gasteiger partial charge on any atom is 0.255 e. The topological polar surface area (TPSA) is 52.3 Å². The van der Waals surface area contributed by atoms with E-state index >= 15 is 0 Å². The predicted molar refractivity (Wildman–Crippen MR) is 87.8 cm³/mol. The van der Waals surface area contributed by atoms with Crippen molar-refractivity contribution in [3.63, 3.8) is 0 Å². The zero-order chi connectivity index (χ0) is 16.3. The predicted octanol–water partition coefficient (Wildman–Crippen LogP) is 3.93. The maximum absolute atomic E-state index is 11.0. The molecule has 0 saturated heterocycles. The second-order valence-corrected chi connectivity index (χ2v) is 6.91. The van der Waals surface area contributed by atoms with Crippen molar-refractivity contribution < 1.29 is 9.53 Å². The van der Waals surface area contributed by atoms with Crippen LogP contribution in [0.1, 0.15) is 65.5 Å². The van der Waals surface area contributed by atoms with Crippen LogP contribution in [-0.4, -0.2) is 12.5 Å². The summed E-state index contributed by atoms with van der Waals surface area (Å²) in [7, 11) is 0. The molecule has 0 aromatic heterocycles. The Kier molecular flexibility index (Phi) is 5.43. The lowest BCUT2D eigenvalue weighted by Crippen LogP contribution is -2.27. The van der Waals surface area contributed by atoms with Crippen LogP contribution in [-0.2, 0) is 15.6 Å². The molecule has 1 aromatic carbocycles. The second kappa shape index (κ2) is 6.50. The molecule has 21 heavy (non-hydrogen) atoms. The minimum absolute atomic E-state index is 0.0178. The highest BCUT2D eigenvalue weighted by atomic mass is 16.5. The highest BCUT2D eigenvalue weighted by molar-refractivity contribution is 5.75. The number of nitrogens with two attached hydrogens (primary N) is 1. The van der Waals surface area contributed by atoms with Crippen LogP contribution in [0.25, 0.3) is 0 Å². The van der Waals surface area contributed by atoms with Crippen LogP contribution >= 0.6 is 0 Å². The number of carbonyl (C=O) groups excluding carboxylic acids is 1. The molecule has 118 valence electrons. The number of carbonyl (C=O) groups is 1. The van der Waals surface area contributed by atoms with Gasteiger partial charge in [0.05, 0.1) is 0 Å². The highest BCUT2D eigenvalue weighted by Gasteiger charge is 2.31. The van der Waals surface area contributed by atoms with Crippen LogP contribution in [0.5, 0.6) is 5.75 Å². The van der Waals surface area contributed by atoms with Crippen molar-refractivity contribution in [2.45, 2.75) is 65.2 Å². The van der Waals surface area contributed by atoms with Crippen LogP contribution < -0.4 is 10.5 Å². The first kappa shape index (κ1) is 17.5. The minimum Gasteiger partial charge on any atom is -0.483 e. The molecule has 0 fully saturated rings. The van der Waals surface area contributed by atoms with Gasteiger partial charge in [-0.3, -0.25) is 4.79 Å². The molecule has 0 aliphatic carbocycles. The normalized spacial score (nSPS) is 12.3. The van der Waals surface area contributed by atoms with E-state index in [1.165, 1.54) is 11.1 Å². The van der Waals surface area contributed by atoms with E-state index in [4.69, 9.17) is 10.5 Å². The number of hydrogen-bond acceptors (Lipinski definition) is 2. The van der Waals surface area contributed by atoms with Gasteiger partial charge in [0, 0.05) is 5.56 Å². The molecular formula is C18H29NO2. The van der Waals surface area contributed by atoms with Gasteiger partial charge in [-0.2, -0.15) is 0 Å². The van der Waals surface area contributed by atoms with Gasteiger partial charge in [-0.15, -0.1) is 0 Å². The molecule has 1 aromatic rings. The number of rotatable bonds is 7. The third kappa shape index (κ3) is 3.99. The summed E-state index contributed by atoms with van der Waals surface area (Å²) < 4.78 is 5.69. The zero-order valence-corrected chi connectivity index (χ0v) is 14.2. The fourth-order valence-corrected chi connectivity index (χ4v) is 2.43. The number of ether oxygens (including phenoxy) is 1. The monoisotopic (exact) mass is 291 g/mol. The van der Waals surface area contributed by atoms with Crippen molar-refractivity contribution in [2.75, 3.05) is 6.61 Å². The average Bonchev–Trinajstić information content (AvgIpc) is 2.44. The van der Waals surface area contributed by atoms with Gasteiger partial charge in [-0.25, -0.2) is 0 Å². The number of benzene rings is 1. The van der Waals surface area contributed by atoms with Crippen LogP contribution in [0.3, 0.4) is 0 Å². The lowest BCUT2D eigenvalue weighted by molar-refractivity contribution is -0.119. The highest BCUT2D eigenvalue weighted by Crippen LogP contribution is 2.42. The molecule has 0 saturated carbocycles. The summed E-state index contributed by atoms with van der Waals surface area (Å²) in [5.41, 5.74) is 7.75. The van der Waals surface area contributed by atoms with Crippen molar-refractivity contribution in [3.05, 3.63) is 29.3 Å². The Morgan fingerprint density at radius 2 is 1.67 bits per heavy atom. The number of primary amides is 1. The molecule has 0 bridgehead atoms. The van der Waals surface area contributed by atoms with Gasteiger partial charge in [0.2, 0.25) is 0 Å². The van der Waals surface area contributed by atoms with Crippen LogP contribution in [0.4, 0.5) is 0 Å². The van der Waals surface area contributed by atoms with Gasteiger partial charge in [0.25, 0.3) is 5.91 Å². The minimum atomic E-state index is -0.449. The van der Waals surface area contributed by atoms with Crippen LogP contribution in [0, 0.1) is 0 Å². The molecule has 1 amide bonds. The summed E-state index contributed by atoms with van der Waals surface area (Å²) in [6.45, 7) is 13.2. The van der Waals surface area contributed by atoms with E-state index in [2.05, 4.69) is 47.6 Å². The van der Waals surface area contributed by atoms with Crippen molar-refractivity contribution in [2.24, 2.45) is 5.73 Å². The van der Waals surface area contributed by atoms with E-state index in [1.54, 1.807) is 0 Å². The number of amides is 1. The van der Waals surface area contributed by atoms with Crippen LogP contribution in [0.2, 0.25) is 0 Å². The standard InChI is InChI=1S/C18H29NO2/c1-7-17(3,4)13-10-9-11-14(21-12-15(19)20)16(13)18(5,6)8-2/h9-11H,7-8,12H2,1-6H3,(H2,19,20). The first-order chi connectivity index (χ1) is 9.65. The summed E-state index contributed by atoms with van der Waals surface area (Å²) >= 11 is 0. The molecule has 2 N–H and O–H groups in total. The summed E-state index contributed by atoms with van der Waals surface area (Å²) in [6, 6.07) is 6.11. The van der Waals surface area contributed by atoms with Crippen LogP contribution in [0.15, 0.2) is 18.2 Å². The molecular weight excluding hydrogens is 262 g/mol. The lowest BCUT2D eigenvalue weighted by atomic mass is 9.71. The fraction of sp³-hybridized carbons (Fsp3) is 0.611. The average molecular weight is 291 g/mol. The molecule has 3 heteroatoms. The Morgan fingerprint density at radius 3 is 2.14 bits per heavy atom. The van der Waals surface area contributed by atoms with E-state index in [0.29, 0.717) is 0 Å². The molecule has 0 unspecified atom stereocenters. The Labute approximate surface area is 128 Å². The van der Waals surface area contributed by atoms with E-state index in [1.807, 2.05) is 12.1 Å². The Hall–Kier alpha value is -1.51. The molecule has 0 aliphatic heterocycles. The number of hydrogen-bond donors (Lipinski definition) is 1. The third-order valence-corrected chi connectivity index (χ3v) is 4.57. The Balaban J connectivity index is 3.45. The summed E-state index contributed by atoms with van der Waals surface area (Å²) in [4.78, 5) is 11.0. The molecule has 0 radical (unpaired) electrons. The molecule has 0 spiro atoms. The van der Waals surface area contributed by atoms with Crippen molar-refractivity contribution in [1.82, 2.24) is 0 Å². The van der Waals surface area contributed by atoms with Gasteiger partial charge < -0.3 is 10.5 Å². The van der Waals surface area contributed by atoms with Crippen molar-refractivity contribution in [1.29, 1.82) is 0 Å². The van der Waals surface area contributed by atoms with Gasteiger partial charge in [-0.1, -0.05) is 53.7 Å². The lowest BCUT2D eigenvalue weighted by Gasteiger charge is -2.35. The summed E-state index contributed by atoms with van der Waals surface area (Å²) in [5.74, 6) is 0.329. The molecule has 0 aliphatic rings. The van der Waals surface area contributed by atoms with Gasteiger partial charge in [-0.05, 0) is 35.3 Å². The largest absolute Gasteiger partial charge is 0.483 e. The molecule has 0 heterocycles. The fourth-order valence-electron chi connectivity index (χ4n) is 2.43. The second-order valence-electron chi connectivity index (χ2n) is 6.91. The molecule has 1 rings (SSSR count). The summed E-state index contributed by atoms with van der Waals surface area (Å²) in [6.07, 6.45) is 2.04. The molecule has 3 nitrogen and oxygen atoms in total. The first-order valence-electron chi connectivity index (χ1n) is 7.70. The molecule has 0 atom stereocenters. The van der Waals surface area contributed by atoms with Crippen molar-refractivity contribution in [3.8, 4) is 5.75 Å². The van der Waals surface area contributed by atoms with E-state index in [-0.39, 0.29) is 17.4 Å². The Morgan fingerprint density at radius 1 is 1.10 bits per heavy atom. The zero-order valence-electron chi connectivity index (χ0n) is 14.2. The third-order valence-electron chi connectivity index (χ3n) is 4.57. The van der Waals surface area contributed by atoms with E-state index in [9.17, 15) is 4.79 Å². The summed E-state index contributed by atoms with van der Waals surface area (Å²) in [5, 5.41) is 0. The van der Waals surface area contributed by atoms with E-state index < -0.39 is 5.91 Å². The van der Waals surface area contributed by atoms with E-state index in [0.717, 1.165) is 18.6 Å². The first-order valence-corrected chi connectivity index (χ1v) is 7.70. The maximum atomic E-state index is 11.0. The van der Waals surface area contributed by atoms with Gasteiger partial charge >= 0.3 is 0 Å². The Bertz CT molecular complexity index is 504.